The number of hydrogen-bond donors (Lipinski definition) is 0. The van der Waals surface area contributed by atoms with E-state index in [1.54, 1.807) is 30.5 Å². The lowest BCUT2D eigenvalue weighted by Crippen LogP contribution is -2.30. The first-order valence-electron chi connectivity index (χ1n) is 8.23. The Balaban J connectivity index is 1.59. The molecule has 7 heteroatoms. The fourth-order valence-electron chi connectivity index (χ4n) is 2.37. The molecular weight excluding hydrogens is 362 g/mol. The van der Waals surface area contributed by atoms with E-state index in [4.69, 9.17) is 9.15 Å². The van der Waals surface area contributed by atoms with Crippen LogP contribution < -0.4 is 9.75 Å². The number of thiazole rings is 1. The van der Waals surface area contributed by atoms with Crippen LogP contribution in [-0.4, -0.2) is 23.7 Å². The molecule has 0 aliphatic carbocycles. The predicted molar refractivity (Wildman–Crippen MR) is 105 cm³/mol. The van der Waals surface area contributed by atoms with Crippen LogP contribution in [-0.2, 0) is 4.79 Å². The standard InChI is InChI=1S/C20H15N3O3S/c24-19(14-26-15-7-2-1-3-8-15)23(21-13-16-9-6-12-25-16)20-22-17-10-4-5-11-18(17)27-20/h1-13H,14H2/b21-13+. The van der Waals surface area contributed by atoms with Gasteiger partial charge in [-0.25, -0.2) is 4.98 Å². The minimum absolute atomic E-state index is 0.157. The van der Waals surface area contributed by atoms with E-state index >= 15 is 0 Å². The summed E-state index contributed by atoms with van der Waals surface area (Å²) < 4.78 is 11.8. The van der Waals surface area contributed by atoms with Crippen molar-refractivity contribution in [3.05, 3.63) is 78.8 Å². The normalized spacial score (nSPS) is 11.1. The average Bonchev–Trinajstić information content (AvgIpc) is 3.37. The molecule has 6 nitrogen and oxygen atoms in total. The molecule has 0 bridgehead atoms. The maximum atomic E-state index is 12.8. The summed E-state index contributed by atoms with van der Waals surface area (Å²) in [6.07, 6.45) is 3.02. The highest BCUT2D eigenvalue weighted by molar-refractivity contribution is 7.22. The van der Waals surface area contributed by atoms with Crippen molar-refractivity contribution in [3.8, 4) is 5.75 Å². The highest BCUT2D eigenvalue weighted by Crippen LogP contribution is 2.29. The Bertz CT molecular complexity index is 1030. The number of para-hydroxylation sites is 2. The first-order chi connectivity index (χ1) is 13.3. The molecule has 0 saturated heterocycles. The second-order valence-corrected chi connectivity index (χ2v) is 6.54. The van der Waals surface area contributed by atoms with Gasteiger partial charge in [-0.05, 0) is 36.4 Å². The molecule has 0 aliphatic heterocycles. The average molecular weight is 377 g/mol. The van der Waals surface area contributed by atoms with Gasteiger partial charge in [-0.2, -0.15) is 10.1 Å². The van der Waals surface area contributed by atoms with Crippen LogP contribution in [0, 0.1) is 0 Å². The molecule has 2 aromatic carbocycles. The van der Waals surface area contributed by atoms with Crippen molar-refractivity contribution in [3.63, 3.8) is 0 Å². The SMILES string of the molecule is O=C(COc1ccccc1)N(/N=C/c1ccco1)c1nc2ccccc2s1. The molecule has 0 saturated carbocycles. The first kappa shape index (κ1) is 17.0. The van der Waals surface area contributed by atoms with Crippen molar-refractivity contribution in [2.24, 2.45) is 5.10 Å². The van der Waals surface area contributed by atoms with Gasteiger partial charge in [0.15, 0.2) is 6.61 Å². The summed E-state index contributed by atoms with van der Waals surface area (Å²) in [6, 6.07) is 20.4. The van der Waals surface area contributed by atoms with Crippen molar-refractivity contribution in [2.45, 2.75) is 0 Å². The minimum atomic E-state index is -0.333. The van der Waals surface area contributed by atoms with E-state index in [1.807, 2.05) is 42.5 Å². The first-order valence-corrected chi connectivity index (χ1v) is 9.05. The summed E-state index contributed by atoms with van der Waals surface area (Å²) in [6.45, 7) is -0.157. The number of hydrazone groups is 1. The Kier molecular flexibility index (Phi) is 4.93. The number of ether oxygens (including phenoxy) is 1. The molecule has 134 valence electrons. The molecule has 0 unspecified atom stereocenters. The van der Waals surface area contributed by atoms with Crippen LogP contribution in [0.2, 0.25) is 0 Å². The number of aromatic nitrogens is 1. The Morgan fingerprint density at radius 3 is 2.70 bits per heavy atom. The van der Waals surface area contributed by atoms with Gasteiger partial charge < -0.3 is 9.15 Å². The third-order valence-corrected chi connectivity index (χ3v) is 4.66. The maximum Gasteiger partial charge on any atom is 0.287 e. The van der Waals surface area contributed by atoms with Crippen LogP contribution in [0.1, 0.15) is 5.76 Å². The molecule has 27 heavy (non-hydrogen) atoms. The van der Waals surface area contributed by atoms with Gasteiger partial charge in [0.1, 0.15) is 11.5 Å². The third-order valence-electron chi connectivity index (χ3n) is 3.65. The Labute approximate surface area is 159 Å². The lowest BCUT2D eigenvalue weighted by atomic mass is 10.3. The molecule has 4 aromatic rings. The molecule has 0 spiro atoms. The van der Waals surface area contributed by atoms with Crippen LogP contribution in [0.5, 0.6) is 5.75 Å². The topological polar surface area (TPSA) is 67.9 Å². The third kappa shape index (κ3) is 4.04. The molecule has 0 radical (unpaired) electrons. The van der Waals surface area contributed by atoms with Gasteiger partial charge in [-0.3, -0.25) is 4.79 Å². The number of amides is 1. The number of fused-ring (bicyclic) bond motifs is 1. The van der Waals surface area contributed by atoms with Crippen LogP contribution in [0.4, 0.5) is 5.13 Å². The predicted octanol–water partition coefficient (Wildman–Crippen LogP) is 4.34. The number of rotatable bonds is 6. The van der Waals surface area contributed by atoms with Crippen LogP contribution in [0.3, 0.4) is 0 Å². The molecular formula is C20H15N3O3S. The number of anilines is 1. The summed E-state index contributed by atoms with van der Waals surface area (Å²) >= 11 is 1.39. The van der Waals surface area contributed by atoms with Crippen molar-refractivity contribution in [1.82, 2.24) is 4.98 Å². The zero-order chi connectivity index (χ0) is 18.5. The van der Waals surface area contributed by atoms with Crippen LogP contribution in [0.25, 0.3) is 10.2 Å². The van der Waals surface area contributed by atoms with E-state index < -0.39 is 0 Å². The molecule has 0 atom stereocenters. The van der Waals surface area contributed by atoms with E-state index in [1.165, 1.54) is 22.6 Å². The minimum Gasteiger partial charge on any atom is -0.484 e. The van der Waals surface area contributed by atoms with Gasteiger partial charge >= 0.3 is 0 Å². The second kappa shape index (κ2) is 7.84. The fraction of sp³-hybridized carbons (Fsp3) is 0.0500. The fourth-order valence-corrected chi connectivity index (χ4v) is 3.31. The van der Waals surface area contributed by atoms with E-state index in [0.29, 0.717) is 16.6 Å². The number of furan rings is 1. The number of nitrogens with zero attached hydrogens (tertiary/aromatic N) is 3. The lowest BCUT2D eigenvalue weighted by Gasteiger charge is -2.14. The number of hydrogen-bond acceptors (Lipinski definition) is 6. The summed E-state index contributed by atoms with van der Waals surface area (Å²) in [4.78, 5) is 17.3. The van der Waals surface area contributed by atoms with Crippen molar-refractivity contribution < 1.29 is 13.9 Å². The number of carbonyl (C=O) groups excluding carboxylic acids is 1. The van der Waals surface area contributed by atoms with Gasteiger partial charge in [0.2, 0.25) is 5.13 Å². The molecule has 1 amide bonds. The molecule has 2 aromatic heterocycles. The van der Waals surface area contributed by atoms with Gasteiger partial charge in [0.25, 0.3) is 5.91 Å². The largest absolute Gasteiger partial charge is 0.484 e. The number of carbonyl (C=O) groups is 1. The highest BCUT2D eigenvalue weighted by atomic mass is 32.1. The van der Waals surface area contributed by atoms with E-state index in [2.05, 4.69) is 10.1 Å². The summed E-state index contributed by atoms with van der Waals surface area (Å²) in [7, 11) is 0. The van der Waals surface area contributed by atoms with Gasteiger partial charge in [-0.1, -0.05) is 41.7 Å². The smallest absolute Gasteiger partial charge is 0.287 e. The van der Waals surface area contributed by atoms with Gasteiger partial charge in [0.05, 0.1) is 22.7 Å². The van der Waals surface area contributed by atoms with Crippen molar-refractivity contribution in [1.29, 1.82) is 0 Å². The zero-order valence-corrected chi connectivity index (χ0v) is 15.0. The van der Waals surface area contributed by atoms with Crippen molar-refractivity contribution in [2.75, 3.05) is 11.6 Å². The van der Waals surface area contributed by atoms with Gasteiger partial charge in [-0.15, -0.1) is 0 Å². The summed E-state index contributed by atoms with van der Waals surface area (Å²) in [5.74, 6) is 0.823. The van der Waals surface area contributed by atoms with Crippen LogP contribution >= 0.6 is 11.3 Å². The van der Waals surface area contributed by atoms with Crippen molar-refractivity contribution >= 4 is 38.8 Å². The molecule has 0 N–H and O–H groups in total. The van der Waals surface area contributed by atoms with E-state index in [-0.39, 0.29) is 12.5 Å². The Morgan fingerprint density at radius 1 is 1.11 bits per heavy atom. The number of benzene rings is 2. The van der Waals surface area contributed by atoms with Crippen LogP contribution in [0.15, 0.2) is 82.5 Å². The Morgan fingerprint density at radius 2 is 1.93 bits per heavy atom. The van der Waals surface area contributed by atoms with E-state index in [0.717, 1.165) is 10.2 Å². The quantitative estimate of drug-likeness (QED) is 0.370. The summed E-state index contributed by atoms with van der Waals surface area (Å²) in [5, 5.41) is 6.00. The molecule has 2 heterocycles. The van der Waals surface area contributed by atoms with E-state index in [9.17, 15) is 4.79 Å². The maximum absolute atomic E-state index is 12.8. The zero-order valence-electron chi connectivity index (χ0n) is 14.2. The monoisotopic (exact) mass is 377 g/mol. The van der Waals surface area contributed by atoms with Gasteiger partial charge in [0, 0.05) is 0 Å². The molecule has 4 rings (SSSR count). The lowest BCUT2D eigenvalue weighted by molar-refractivity contribution is -0.120. The summed E-state index contributed by atoms with van der Waals surface area (Å²) in [5.41, 5.74) is 0.812. The highest BCUT2D eigenvalue weighted by Gasteiger charge is 2.20. The molecule has 0 fully saturated rings. The Hall–Kier alpha value is -3.45. The molecule has 0 aliphatic rings. The second-order valence-electron chi connectivity index (χ2n) is 5.53.